The maximum absolute atomic E-state index is 12.7. The quantitative estimate of drug-likeness (QED) is 0.178. The van der Waals surface area contributed by atoms with E-state index in [0.717, 1.165) is 5.69 Å². The highest BCUT2D eigenvalue weighted by molar-refractivity contribution is 6.31. The van der Waals surface area contributed by atoms with E-state index in [0.29, 0.717) is 32.2 Å². The monoisotopic (exact) mass is 479 g/mol. The summed E-state index contributed by atoms with van der Waals surface area (Å²) in [5.41, 5.74) is 3.14. The summed E-state index contributed by atoms with van der Waals surface area (Å²) in [6, 6.07) is 16.6. The fraction of sp³-hybridized carbons (Fsp3) is 0.115. The Labute approximate surface area is 200 Å². The molecular formula is C26H19Cl2NO4. The van der Waals surface area contributed by atoms with Gasteiger partial charge in [-0.1, -0.05) is 23.2 Å². The minimum atomic E-state index is -0.633. The Morgan fingerprint density at radius 2 is 1.39 bits per heavy atom. The van der Waals surface area contributed by atoms with Gasteiger partial charge in [0.1, 0.15) is 5.75 Å². The van der Waals surface area contributed by atoms with Crippen molar-refractivity contribution in [2.45, 2.75) is 20.8 Å². The number of benzene rings is 3. The van der Waals surface area contributed by atoms with E-state index in [-0.39, 0.29) is 28.4 Å². The SMILES string of the molecule is CC(=O)c1cc2c(cc1OC(=O)c1ccc(Cl)cc1)c(C(C)=O)c(C)n2-c1ccc(Cl)cc1. The zero-order valence-corrected chi connectivity index (χ0v) is 19.6. The second-order valence-electron chi connectivity index (χ2n) is 7.65. The minimum Gasteiger partial charge on any atom is -0.422 e. The van der Waals surface area contributed by atoms with Crippen molar-refractivity contribution in [3.63, 3.8) is 0 Å². The molecule has 4 aromatic rings. The van der Waals surface area contributed by atoms with Gasteiger partial charge in [-0.2, -0.15) is 0 Å². The Morgan fingerprint density at radius 3 is 1.94 bits per heavy atom. The van der Waals surface area contributed by atoms with Crippen LogP contribution in [-0.2, 0) is 0 Å². The number of aromatic nitrogens is 1. The molecule has 0 bridgehead atoms. The molecule has 0 radical (unpaired) electrons. The number of hydrogen-bond donors (Lipinski definition) is 0. The van der Waals surface area contributed by atoms with E-state index < -0.39 is 5.97 Å². The zero-order valence-electron chi connectivity index (χ0n) is 18.1. The van der Waals surface area contributed by atoms with Gasteiger partial charge >= 0.3 is 5.97 Å². The van der Waals surface area contributed by atoms with E-state index in [1.807, 2.05) is 23.6 Å². The number of ketones is 2. The summed E-state index contributed by atoms with van der Waals surface area (Å²) in [5, 5.41) is 1.65. The van der Waals surface area contributed by atoms with Crippen LogP contribution in [0.4, 0.5) is 0 Å². The Kier molecular flexibility index (Phi) is 6.11. The third-order valence-corrected chi connectivity index (χ3v) is 5.91. The maximum atomic E-state index is 12.7. The van der Waals surface area contributed by atoms with Gasteiger partial charge in [-0.05, 0) is 81.4 Å². The van der Waals surface area contributed by atoms with Crippen LogP contribution in [-0.4, -0.2) is 22.1 Å². The molecule has 166 valence electrons. The molecule has 4 rings (SSSR count). The number of carbonyl (C=O) groups is 3. The van der Waals surface area contributed by atoms with Gasteiger partial charge < -0.3 is 9.30 Å². The molecule has 0 atom stereocenters. The Morgan fingerprint density at radius 1 is 0.818 bits per heavy atom. The molecule has 3 aromatic carbocycles. The predicted molar refractivity (Wildman–Crippen MR) is 129 cm³/mol. The van der Waals surface area contributed by atoms with Crippen molar-refractivity contribution in [2.24, 2.45) is 0 Å². The fourth-order valence-electron chi connectivity index (χ4n) is 3.91. The van der Waals surface area contributed by atoms with Crippen LogP contribution in [0.25, 0.3) is 16.6 Å². The lowest BCUT2D eigenvalue weighted by molar-refractivity contribution is 0.0733. The normalized spacial score (nSPS) is 10.9. The first-order valence-electron chi connectivity index (χ1n) is 10.1. The molecule has 0 aliphatic carbocycles. The first-order valence-corrected chi connectivity index (χ1v) is 10.9. The van der Waals surface area contributed by atoms with Gasteiger partial charge in [0.2, 0.25) is 0 Å². The molecule has 0 spiro atoms. The molecule has 0 amide bonds. The van der Waals surface area contributed by atoms with E-state index in [4.69, 9.17) is 27.9 Å². The number of halogens is 2. The molecular weight excluding hydrogens is 461 g/mol. The van der Waals surface area contributed by atoms with Gasteiger partial charge in [0, 0.05) is 32.4 Å². The van der Waals surface area contributed by atoms with Crippen molar-refractivity contribution >= 4 is 51.6 Å². The number of carbonyl (C=O) groups excluding carboxylic acids is 3. The smallest absolute Gasteiger partial charge is 0.343 e. The highest BCUT2D eigenvalue weighted by atomic mass is 35.5. The van der Waals surface area contributed by atoms with Crippen molar-refractivity contribution in [3.8, 4) is 11.4 Å². The Hall–Kier alpha value is -3.41. The van der Waals surface area contributed by atoms with Crippen LogP contribution in [0, 0.1) is 6.92 Å². The van der Waals surface area contributed by atoms with Gasteiger partial charge in [0.25, 0.3) is 0 Å². The number of rotatable bonds is 5. The van der Waals surface area contributed by atoms with E-state index in [1.54, 1.807) is 48.5 Å². The highest BCUT2D eigenvalue weighted by Crippen LogP contribution is 2.35. The van der Waals surface area contributed by atoms with E-state index >= 15 is 0 Å². The molecule has 1 aromatic heterocycles. The lowest BCUT2D eigenvalue weighted by Gasteiger charge is -2.12. The van der Waals surface area contributed by atoms with Gasteiger partial charge in [-0.15, -0.1) is 0 Å². The summed E-state index contributed by atoms with van der Waals surface area (Å²) >= 11 is 11.9. The maximum Gasteiger partial charge on any atom is 0.343 e. The molecule has 0 saturated heterocycles. The van der Waals surface area contributed by atoms with Gasteiger partial charge in [0.15, 0.2) is 11.6 Å². The second-order valence-corrected chi connectivity index (χ2v) is 8.52. The van der Waals surface area contributed by atoms with Crippen molar-refractivity contribution in [1.29, 1.82) is 0 Å². The average molecular weight is 480 g/mol. The molecule has 0 aliphatic heterocycles. The molecule has 0 fully saturated rings. The molecule has 1 heterocycles. The summed E-state index contributed by atoms with van der Waals surface area (Å²) in [6.45, 7) is 4.71. The number of Topliss-reactive ketones (excluding diaryl/α,β-unsaturated/α-hetero) is 2. The third-order valence-electron chi connectivity index (χ3n) is 5.40. The van der Waals surface area contributed by atoms with E-state index in [2.05, 4.69) is 0 Å². The highest BCUT2D eigenvalue weighted by Gasteiger charge is 2.23. The van der Waals surface area contributed by atoms with Crippen molar-refractivity contribution in [1.82, 2.24) is 4.57 Å². The molecule has 33 heavy (non-hydrogen) atoms. The Bertz CT molecular complexity index is 1420. The summed E-state index contributed by atoms with van der Waals surface area (Å²) in [5.74, 6) is -0.963. The first-order chi connectivity index (χ1) is 15.7. The van der Waals surface area contributed by atoms with Gasteiger partial charge in [0.05, 0.1) is 16.6 Å². The summed E-state index contributed by atoms with van der Waals surface area (Å²) in [4.78, 5) is 37.8. The number of esters is 1. The van der Waals surface area contributed by atoms with E-state index in [9.17, 15) is 14.4 Å². The van der Waals surface area contributed by atoms with Crippen LogP contribution >= 0.6 is 23.2 Å². The minimum absolute atomic E-state index is 0.0886. The van der Waals surface area contributed by atoms with Crippen LogP contribution in [0.3, 0.4) is 0 Å². The summed E-state index contributed by atoms with van der Waals surface area (Å²) < 4.78 is 7.49. The van der Waals surface area contributed by atoms with Crippen LogP contribution in [0.2, 0.25) is 10.0 Å². The van der Waals surface area contributed by atoms with Crippen LogP contribution in [0.15, 0.2) is 60.7 Å². The Balaban J connectivity index is 1.93. The van der Waals surface area contributed by atoms with Gasteiger partial charge in [-0.25, -0.2) is 4.79 Å². The van der Waals surface area contributed by atoms with Crippen molar-refractivity contribution < 1.29 is 19.1 Å². The standard InChI is InChI=1S/C26H19Cl2NO4/c1-14-25(16(3)31)22-13-24(33-26(32)17-4-6-18(27)7-5-17)21(15(2)30)12-23(22)29(14)20-10-8-19(28)9-11-20/h4-13H,1-3H3. The van der Waals surface area contributed by atoms with Crippen LogP contribution in [0.1, 0.15) is 50.6 Å². The second kappa shape index (κ2) is 8.85. The van der Waals surface area contributed by atoms with Crippen molar-refractivity contribution in [2.75, 3.05) is 0 Å². The topological polar surface area (TPSA) is 65.4 Å². The molecule has 0 unspecified atom stereocenters. The molecule has 0 aliphatic rings. The summed E-state index contributed by atoms with van der Waals surface area (Å²) in [7, 11) is 0. The number of hydrogen-bond acceptors (Lipinski definition) is 4. The predicted octanol–water partition coefficient (Wildman–Crippen LogP) is 6.87. The number of nitrogens with zero attached hydrogens (tertiary/aromatic N) is 1. The molecule has 0 saturated carbocycles. The first kappa shape index (κ1) is 22.8. The third kappa shape index (κ3) is 4.30. The number of fused-ring (bicyclic) bond motifs is 1. The molecule has 5 nitrogen and oxygen atoms in total. The zero-order chi connectivity index (χ0) is 23.9. The van der Waals surface area contributed by atoms with E-state index in [1.165, 1.54) is 13.8 Å². The van der Waals surface area contributed by atoms with Gasteiger partial charge in [-0.3, -0.25) is 9.59 Å². The lowest BCUT2D eigenvalue weighted by atomic mass is 10.0. The fourth-order valence-corrected chi connectivity index (χ4v) is 4.16. The summed E-state index contributed by atoms with van der Waals surface area (Å²) in [6.07, 6.45) is 0. The lowest BCUT2D eigenvalue weighted by Crippen LogP contribution is -2.11. The van der Waals surface area contributed by atoms with Crippen LogP contribution < -0.4 is 4.74 Å². The van der Waals surface area contributed by atoms with Crippen LogP contribution in [0.5, 0.6) is 5.75 Å². The number of ether oxygens (including phenoxy) is 1. The largest absolute Gasteiger partial charge is 0.422 e. The molecule has 0 N–H and O–H groups in total. The molecule has 7 heteroatoms. The van der Waals surface area contributed by atoms with Crippen molar-refractivity contribution in [3.05, 3.63) is 93.1 Å². The average Bonchev–Trinajstić information content (AvgIpc) is 3.05.